The minimum absolute atomic E-state index is 0.0357. The van der Waals surface area contributed by atoms with Crippen molar-refractivity contribution in [1.29, 1.82) is 0 Å². The van der Waals surface area contributed by atoms with Gasteiger partial charge in [-0.3, -0.25) is 9.59 Å². The van der Waals surface area contributed by atoms with Gasteiger partial charge in [-0.1, -0.05) is 0 Å². The van der Waals surface area contributed by atoms with Gasteiger partial charge >= 0.3 is 0 Å². The predicted molar refractivity (Wildman–Crippen MR) is 143 cm³/mol. The van der Waals surface area contributed by atoms with Crippen molar-refractivity contribution in [2.24, 2.45) is 0 Å². The molecule has 2 aromatic rings. The molecule has 198 valence electrons. The van der Waals surface area contributed by atoms with Crippen LogP contribution < -0.4 is 25.6 Å². The maximum absolute atomic E-state index is 13.0. The van der Waals surface area contributed by atoms with Crippen molar-refractivity contribution in [2.75, 3.05) is 56.0 Å². The number of nitrogens with zero attached hydrogens (tertiary/aromatic N) is 3. The number of carbonyl (C=O) groups excluding carboxylic acids is 2. The van der Waals surface area contributed by atoms with Crippen LogP contribution in [0.25, 0.3) is 0 Å². The summed E-state index contributed by atoms with van der Waals surface area (Å²) in [6.45, 7) is 5.21. The zero-order valence-corrected chi connectivity index (χ0v) is 21.8. The van der Waals surface area contributed by atoms with Gasteiger partial charge in [0.15, 0.2) is 5.82 Å². The van der Waals surface area contributed by atoms with E-state index in [1.165, 1.54) is 0 Å². The molecule has 10 heteroatoms. The van der Waals surface area contributed by atoms with Crippen molar-refractivity contribution >= 4 is 34.8 Å². The molecule has 0 spiro atoms. The van der Waals surface area contributed by atoms with Gasteiger partial charge in [-0.15, -0.1) is 0 Å². The third-order valence-corrected chi connectivity index (χ3v) is 7.54. The van der Waals surface area contributed by atoms with Crippen LogP contribution in [0.2, 0.25) is 0 Å². The molecule has 2 fully saturated rings. The molecule has 1 aromatic carbocycles. The largest absolute Gasteiger partial charge is 0.495 e. The quantitative estimate of drug-likeness (QED) is 0.547. The number of benzene rings is 1. The summed E-state index contributed by atoms with van der Waals surface area (Å²) in [4.78, 5) is 34.9. The third-order valence-electron chi connectivity index (χ3n) is 7.54. The SMILES string of the molecule is COc1ccc(C(=O)NC2CCN(C)CC2)cc1Nc1ccc2c(n1)N(C1CCOCC1)C(C)C(=O)N2. The van der Waals surface area contributed by atoms with Crippen molar-refractivity contribution in [3.8, 4) is 5.75 Å². The van der Waals surface area contributed by atoms with Crippen molar-refractivity contribution in [2.45, 2.75) is 50.7 Å². The number of hydrogen-bond acceptors (Lipinski definition) is 8. The molecular weight excluding hydrogens is 472 g/mol. The van der Waals surface area contributed by atoms with Gasteiger partial charge in [0.2, 0.25) is 5.91 Å². The van der Waals surface area contributed by atoms with Crippen molar-refractivity contribution in [3.63, 3.8) is 0 Å². The summed E-state index contributed by atoms with van der Waals surface area (Å²) in [5, 5.41) is 9.49. The van der Waals surface area contributed by atoms with E-state index in [9.17, 15) is 9.59 Å². The van der Waals surface area contributed by atoms with Crippen LogP contribution >= 0.6 is 0 Å². The summed E-state index contributed by atoms with van der Waals surface area (Å²) in [7, 11) is 3.70. The Morgan fingerprint density at radius 2 is 1.89 bits per heavy atom. The summed E-state index contributed by atoms with van der Waals surface area (Å²) >= 11 is 0. The first-order chi connectivity index (χ1) is 17.9. The molecule has 2 amide bonds. The van der Waals surface area contributed by atoms with Crippen LogP contribution in [-0.2, 0) is 9.53 Å². The molecule has 1 aromatic heterocycles. The summed E-state index contributed by atoms with van der Waals surface area (Å²) in [5.41, 5.74) is 1.90. The average molecular weight is 509 g/mol. The topological polar surface area (TPSA) is 108 Å². The summed E-state index contributed by atoms with van der Waals surface area (Å²) in [6.07, 6.45) is 3.58. The lowest BCUT2D eigenvalue weighted by Gasteiger charge is -2.42. The zero-order chi connectivity index (χ0) is 25.9. The number of likely N-dealkylation sites (tertiary alicyclic amines) is 1. The number of amides is 2. The van der Waals surface area contributed by atoms with Gasteiger partial charge in [0.05, 0.1) is 18.5 Å². The van der Waals surface area contributed by atoms with Gasteiger partial charge in [-0.05, 0) is 83.1 Å². The maximum Gasteiger partial charge on any atom is 0.251 e. The van der Waals surface area contributed by atoms with Crippen LogP contribution in [0.3, 0.4) is 0 Å². The predicted octanol–water partition coefficient (Wildman–Crippen LogP) is 2.98. The standard InChI is InChI=1S/C27H36N6O4/c1-17-26(34)30-21-5-7-24(31-25(21)33(17)20-10-14-37-15-11-20)29-22-16-18(4-6-23(22)36-3)27(35)28-19-8-12-32(2)13-9-19/h4-7,16-17,19-20H,8-15H2,1-3H3,(H,28,35)(H,29,31)(H,30,34). The minimum Gasteiger partial charge on any atom is -0.495 e. The molecule has 3 aliphatic rings. The lowest BCUT2D eigenvalue weighted by molar-refractivity contribution is -0.117. The molecule has 10 nitrogen and oxygen atoms in total. The van der Waals surface area contributed by atoms with E-state index in [-0.39, 0.29) is 29.9 Å². The Labute approximate surface area is 217 Å². The van der Waals surface area contributed by atoms with Crippen LogP contribution in [0, 0.1) is 0 Å². The fraction of sp³-hybridized carbons (Fsp3) is 0.519. The van der Waals surface area contributed by atoms with E-state index in [1.807, 2.05) is 19.1 Å². The van der Waals surface area contributed by atoms with Crippen LogP contribution in [0.5, 0.6) is 5.75 Å². The van der Waals surface area contributed by atoms with E-state index < -0.39 is 0 Å². The first kappa shape index (κ1) is 25.3. The number of piperidine rings is 1. The van der Waals surface area contributed by atoms with Crippen LogP contribution in [0.15, 0.2) is 30.3 Å². The number of nitrogens with one attached hydrogen (secondary N) is 3. The van der Waals surface area contributed by atoms with Crippen LogP contribution in [-0.4, -0.2) is 80.3 Å². The fourth-order valence-electron chi connectivity index (χ4n) is 5.32. The smallest absolute Gasteiger partial charge is 0.251 e. The van der Waals surface area contributed by atoms with Crippen LogP contribution in [0.4, 0.5) is 23.0 Å². The second-order valence-corrected chi connectivity index (χ2v) is 10.1. The summed E-state index contributed by atoms with van der Waals surface area (Å²) < 4.78 is 11.1. The van der Waals surface area contributed by atoms with Gasteiger partial charge in [0.25, 0.3) is 5.91 Å². The number of rotatable bonds is 6. The Balaban J connectivity index is 1.38. The second kappa shape index (κ2) is 10.9. The first-order valence-corrected chi connectivity index (χ1v) is 13.1. The molecule has 3 N–H and O–H groups in total. The molecule has 0 bridgehead atoms. The molecule has 3 aliphatic heterocycles. The van der Waals surface area contributed by atoms with Gasteiger partial charge in [-0.25, -0.2) is 4.98 Å². The number of anilines is 4. The van der Waals surface area contributed by atoms with E-state index in [4.69, 9.17) is 14.5 Å². The summed E-state index contributed by atoms with van der Waals surface area (Å²) in [5.74, 6) is 1.81. The number of aromatic nitrogens is 1. The third kappa shape index (κ3) is 5.50. The monoisotopic (exact) mass is 508 g/mol. The molecule has 1 unspecified atom stereocenters. The summed E-state index contributed by atoms with van der Waals surface area (Å²) in [6, 6.07) is 9.07. The maximum atomic E-state index is 13.0. The van der Waals surface area contributed by atoms with Gasteiger partial charge < -0.3 is 35.2 Å². The van der Waals surface area contributed by atoms with Crippen molar-refractivity contribution in [1.82, 2.24) is 15.2 Å². The lowest BCUT2D eigenvalue weighted by Crippen LogP contribution is -2.53. The molecular formula is C27H36N6O4. The zero-order valence-electron chi connectivity index (χ0n) is 21.8. The van der Waals surface area contributed by atoms with Crippen molar-refractivity contribution in [3.05, 3.63) is 35.9 Å². The van der Waals surface area contributed by atoms with Gasteiger partial charge in [0, 0.05) is 30.9 Å². The van der Waals surface area contributed by atoms with E-state index in [0.29, 0.717) is 41.7 Å². The number of fused-ring (bicyclic) bond motifs is 1. The Kier molecular flexibility index (Phi) is 7.48. The number of ether oxygens (including phenoxy) is 2. The molecule has 2 saturated heterocycles. The molecule has 0 saturated carbocycles. The molecule has 4 heterocycles. The van der Waals surface area contributed by atoms with Crippen molar-refractivity contribution < 1.29 is 19.1 Å². The lowest BCUT2D eigenvalue weighted by atomic mass is 10.0. The average Bonchev–Trinajstić information content (AvgIpc) is 2.91. The van der Waals surface area contributed by atoms with Gasteiger partial charge in [0.1, 0.15) is 17.6 Å². The first-order valence-electron chi connectivity index (χ1n) is 13.1. The van der Waals surface area contributed by atoms with E-state index in [2.05, 4.69) is 32.8 Å². The van der Waals surface area contributed by atoms with E-state index in [0.717, 1.165) is 44.6 Å². The minimum atomic E-state index is -0.334. The highest BCUT2D eigenvalue weighted by molar-refractivity contribution is 6.03. The van der Waals surface area contributed by atoms with E-state index >= 15 is 0 Å². The molecule has 37 heavy (non-hydrogen) atoms. The highest BCUT2D eigenvalue weighted by atomic mass is 16.5. The van der Waals surface area contributed by atoms with E-state index in [1.54, 1.807) is 25.3 Å². The highest BCUT2D eigenvalue weighted by Gasteiger charge is 2.36. The Bertz CT molecular complexity index is 1140. The number of carbonyl (C=O) groups is 2. The normalized spacial score (nSPS) is 21.2. The highest BCUT2D eigenvalue weighted by Crippen LogP contribution is 2.36. The second-order valence-electron chi connectivity index (χ2n) is 10.1. The molecule has 5 rings (SSSR count). The number of methoxy groups -OCH3 is 1. The Morgan fingerprint density at radius 1 is 1.14 bits per heavy atom. The molecule has 1 atom stereocenters. The fourth-order valence-corrected chi connectivity index (χ4v) is 5.32. The van der Waals surface area contributed by atoms with Crippen LogP contribution in [0.1, 0.15) is 43.0 Å². The Morgan fingerprint density at radius 3 is 2.62 bits per heavy atom. The molecule has 0 radical (unpaired) electrons. The number of pyridine rings is 1. The van der Waals surface area contributed by atoms with Gasteiger partial charge in [-0.2, -0.15) is 0 Å². The number of hydrogen-bond donors (Lipinski definition) is 3. The Hall–Kier alpha value is -3.37. The molecule has 0 aliphatic carbocycles.